The molecule has 1 heterocycles. The second-order valence-corrected chi connectivity index (χ2v) is 14.2. The fourth-order valence-electron chi connectivity index (χ4n) is 10.8. The highest BCUT2D eigenvalue weighted by Crippen LogP contribution is 2.68. The van der Waals surface area contributed by atoms with Crippen molar-refractivity contribution in [2.75, 3.05) is 20.3 Å². The fraction of sp³-hybridized carbons (Fsp3) is 0.735. The Hall–Kier alpha value is -1.83. The van der Waals surface area contributed by atoms with Gasteiger partial charge in [-0.1, -0.05) is 32.9 Å². The Morgan fingerprint density at radius 3 is 2.66 bits per heavy atom. The van der Waals surface area contributed by atoms with Crippen LogP contribution in [0.4, 0.5) is 0 Å². The highest BCUT2D eigenvalue weighted by Gasteiger charge is 2.62. The lowest BCUT2D eigenvalue weighted by molar-refractivity contribution is -0.185. The summed E-state index contributed by atoms with van der Waals surface area (Å²) in [5.74, 6) is 4.53. The minimum atomic E-state index is -0.858. The van der Waals surface area contributed by atoms with E-state index in [1.54, 1.807) is 0 Å². The molecule has 0 aromatic carbocycles. The maximum atomic E-state index is 12.2. The molecule has 0 amide bonds. The zero-order valence-electron chi connectivity index (χ0n) is 24.3. The summed E-state index contributed by atoms with van der Waals surface area (Å²) < 4.78 is 5.58. The highest BCUT2D eigenvalue weighted by molar-refractivity contribution is 5.40. The molecular weight excluding hydrogens is 468 g/mol. The molecule has 4 saturated carbocycles. The fourth-order valence-corrected chi connectivity index (χ4v) is 10.8. The molecule has 2 unspecified atom stereocenters. The minimum absolute atomic E-state index is 0.124. The molecule has 208 valence electrons. The Bertz CT molecular complexity index is 1040. The predicted octanol–water partition coefficient (Wildman–Crippen LogP) is 7.25. The zero-order chi connectivity index (χ0) is 27.3. The van der Waals surface area contributed by atoms with Gasteiger partial charge in [-0.05, 0) is 123 Å². The molecule has 0 radical (unpaired) electrons. The lowest BCUT2D eigenvalue weighted by Crippen LogP contribution is -2.61. The topological polar surface area (TPSA) is 56.5 Å². The van der Waals surface area contributed by atoms with Crippen LogP contribution in [0.1, 0.15) is 78.6 Å². The largest absolute Gasteiger partial charge is 0.388 e. The third-order valence-corrected chi connectivity index (χ3v) is 12.2. The molecule has 0 aromatic rings. The molecule has 4 aliphatic carbocycles. The van der Waals surface area contributed by atoms with Gasteiger partial charge in [-0.25, -0.2) is 0 Å². The second kappa shape index (κ2) is 10.3. The molecule has 0 saturated heterocycles. The van der Waals surface area contributed by atoms with Crippen LogP contribution in [0.15, 0.2) is 48.9 Å². The molecule has 0 spiro atoms. The molecule has 5 rings (SSSR count). The number of hydrogen-bond acceptors (Lipinski definition) is 4. The molecule has 1 aliphatic heterocycles. The Morgan fingerprint density at radius 1 is 1.18 bits per heavy atom. The molecule has 4 nitrogen and oxygen atoms in total. The van der Waals surface area contributed by atoms with Crippen molar-refractivity contribution in [2.45, 2.75) is 84.2 Å². The van der Waals surface area contributed by atoms with Crippen molar-refractivity contribution in [2.24, 2.45) is 52.3 Å². The average molecular weight is 519 g/mol. The van der Waals surface area contributed by atoms with Gasteiger partial charge in [-0.3, -0.25) is 0 Å². The lowest BCUT2D eigenvalue weighted by atomic mass is 9.40. The van der Waals surface area contributed by atoms with Crippen molar-refractivity contribution < 1.29 is 9.84 Å². The second-order valence-electron chi connectivity index (χ2n) is 14.2. The van der Waals surface area contributed by atoms with Crippen LogP contribution in [0.5, 0.6) is 0 Å². The monoisotopic (exact) mass is 518 g/mol. The molecule has 0 aromatic heterocycles. The maximum Gasteiger partial charge on any atom is 0.101 e. The van der Waals surface area contributed by atoms with Crippen LogP contribution in [-0.4, -0.2) is 35.9 Å². The predicted molar refractivity (Wildman–Crippen MR) is 154 cm³/mol. The number of allylic oxidation sites excluding steroid dienone is 4. The van der Waals surface area contributed by atoms with E-state index in [2.05, 4.69) is 39.2 Å². The van der Waals surface area contributed by atoms with Crippen LogP contribution < -0.4 is 0 Å². The van der Waals surface area contributed by atoms with Crippen molar-refractivity contribution in [1.29, 1.82) is 5.26 Å². The van der Waals surface area contributed by atoms with Gasteiger partial charge in [0.1, 0.15) is 6.07 Å². The first kappa shape index (κ1) is 27.7. The maximum absolute atomic E-state index is 12.2. The lowest BCUT2D eigenvalue weighted by Gasteiger charge is -2.65. The van der Waals surface area contributed by atoms with E-state index >= 15 is 0 Å². The average Bonchev–Trinajstić information content (AvgIpc) is 2.89. The summed E-state index contributed by atoms with van der Waals surface area (Å²) in [6.07, 6.45) is 19.1. The first-order valence-electron chi connectivity index (χ1n) is 15.2. The van der Waals surface area contributed by atoms with Gasteiger partial charge in [0.25, 0.3) is 0 Å². The van der Waals surface area contributed by atoms with Crippen molar-refractivity contribution in [3.63, 3.8) is 0 Å². The van der Waals surface area contributed by atoms with Gasteiger partial charge in [0.2, 0.25) is 0 Å². The molecule has 4 heteroatoms. The number of ether oxygens (including phenoxy) is 1. The Labute approximate surface area is 231 Å². The van der Waals surface area contributed by atoms with Crippen LogP contribution in [-0.2, 0) is 4.74 Å². The van der Waals surface area contributed by atoms with E-state index in [0.717, 1.165) is 36.5 Å². The third-order valence-electron chi connectivity index (χ3n) is 12.2. The van der Waals surface area contributed by atoms with Crippen molar-refractivity contribution in [3.05, 3.63) is 48.9 Å². The van der Waals surface area contributed by atoms with Crippen LogP contribution in [0.2, 0.25) is 0 Å². The Balaban J connectivity index is 1.39. The first-order chi connectivity index (χ1) is 18.1. The number of nitrogens with zero attached hydrogens (tertiary/aromatic N) is 2. The van der Waals surface area contributed by atoms with Gasteiger partial charge in [0, 0.05) is 25.6 Å². The summed E-state index contributed by atoms with van der Waals surface area (Å²) in [6, 6.07) is 2.25. The Kier molecular flexibility index (Phi) is 7.51. The SMILES string of the molecule is C=C[C@]12CC[C@@H]3C(CC[C@@]4(C)C3[C@H](C)CC[C@@H]4[C@@](C)(O)CN3C=C(C#N)C=CC3=C)[C@H]1CC[C@H](COC)C2. The molecule has 10 atom stereocenters. The number of rotatable bonds is 6. The van der Waals surface area contributed by atoms with Gasteiger partial charge in [-0.2, -0.15) is 5.26 Å². The van der Waals surface area contributed by atoms with Crippen molar-refractivity contribution in [1.82, 2.24) is 4.90 Å². The van der Waals surface area contributed by atoms with Gasteiger partial charge >= 0.3 is 0 Å². The summed E-state index contributed by atoms with van der Waals surface area (Å²) >= 11 is 0. The minimum Gasteiger partial charge on any atom is -0.388 e. The van der Waals surface area contributed by atoms with Crippen LogP contribution in [0.25, 0.3) is 0 Å². The van der Waals surface area contributed by atoms with Gasteiger partial charge in [-0.15, -0.1) is 6.58 Å². The molecule has 38 heavy (non-hydrogen) atoms. The standard InChI is InChI=1S/C34H50N2O2/c1-7-34-17-15-28-27(29(34)12-11-25(18-34)21-38-6)14-16-32(4)30(13-8-23(2)31(28)32)33(5,37)22-36-20-26(19-35)10-9-24(36)3/h7,9-10,20,23,25,27-31,37H,1,3,8,11-18,21-22H2,2,4-6H3/t23-,25+,27?,28-,29-,30+,31?,32-,33+,34-/m1/s1. The van der Waals surface area contributed by atoms with Crippen LogP contribution >= 0.6 is 0 Å². The van der Waals surface area contributed by atoms with E-state index in [-0.39, 0.29) is 16.7 Å². The van der Waals surface area contributed by atoms with Crippen molar-refractivity contribution >= 4 is 0 Å². The van der Waals surface area contributed by atoms with Gasteiger partial charge in [0.15, 0.2) is 0 Å². The number of aliphatic hydroxyl groups is 1. The summed E-state index contributed by atoms with van der Waals surface area (Å²) in [5, 5.41) is 21.6. The number of nitriles is 1. The van der Waals surface area contributed by atoms with Gasteiger partial charge < -0.3 is 14.7 Å². The smallest absolute Gasteiger partial charge is 0.101 e. The van der Waals surface area contributed by atoms with E-state index < -0.39 is 5.60 Å². The summed E-state index contributed by atoms with van der Waals surface area (Å²) in [5.41, 5.74) is 1.01. The first-order valence-corrected chi connectivity index (χ1v) is 15.2. The van der Waals surface area contributed by atoms with Crippen molar-refractivity contribution in [3.8, 4) is 6.07 Å². The Morgan fingerprint density at radius 2 is 1.95 bits per heavy atom. The highest BCUT2D eigenvalue weighted by atomic mass is 16.5. The number of methoxy groups -OCH3 is 1. The number of fused-ring (bicyclic) bond motifs is 5. The van der Waals surface area contributed by atoms with Crippen LogP contribution in [0, 0.1) is 63.6 Å². The normalized spacial score (nSPS) is 44.1. The molecular formula is C34H50N2O2. The third kappa shape index (κ3) is 4.52. The van der Waals surface area contributed by atoms with Crippen LogP contribution in [0.3, 0.4) is 0 Å². The number of hydrogen-bond donors (Lipinski definition) is 1. The quantitative estimate of drug-likeness (QED) is 0.376. The summed E-state index contributed by atoms with van der Waals surface area (Å²) in [6.45, 7) is 17.0. The van der Waals surface area contributed by atoms with E-state index in [1.165, 1.54) is 51.4 Å². The summed E-state index contributed by atoms with van der Waals surface area (Å²) in [7, 11) is 1.85. The summed E-state index contributed by atoms with van der Waals surface area (Å²) in [4.78, 5) is 2.00. The van der Waals surface area contributed by atoms with E-state index in [4.69, 9.17) is 4.74 Å². The zero-order valence-corrected chi connectivity index (χ0v) is 24.3. The molecule has 0 bridgehead atoms. The van der Waals surface area contributed by atoms with E-state index in [1.807, 2.05) is 37.3 Å². The van der Waals surface area contributed by atoms with E-state index in [9.17, 15) is 10.4 Å². The molecule has 1 N–H and O–H groups in total. The van der Waals surface area contributed by atoms with E-state index in [0.29, 0.717) is 29.9 Å². The molecule has 4 fully saturated rings. The molecule has 5 aliphatic rings. The number of β-amino-alcohol motifs (C(OH)–C–C–N with tert-alkyl or cyclic N) is 1. The van der Waals surface area contributed by atoms with Gasteiger partial charge in [0.05, 0.1) is 17.7 Å².